The molecule has 0 amide bonds. The van der Waals surface area contributed by atoms with E-state index < -0.39 is 0 Å². The van der Waals surface area contributed by atoms with Crippen molar-refractivity contribution in [3.63, 3.8) is 0 Å². The van der Waals surface area contributed by atoms with E-state index in [0.29, 0.717) is 12.0 Å². The van der Waals surface area contributed by atoms with E-state index in [1.54, 1.807) is 6.33 Å². The molecule has 4 heteroatoms. The third kappa shape index (κ3) is 4.33. The van der Waals surface area contributed by atoms with Gasteiger partial charge >= 0.3 is 0 Å². The second-order valence-corrected chi connectivity index (χ2v) is 5.49. The van der Waals surface area contributed by atoms with Gasteiger partial charge in [0.25, 0.3) is 0 Å². The Bertz CT molecular complexity index is 315. The lowest BCUT2D eigenvalue weighted by molar-refractivity contribution is 0.394. The minimum atomic E-state index is 0.503. The van der Waals surface area contributed by atoms with Crippen LogP contribution >= 0.6 is 22.6 Å². The maximum atomic E-state index is 4.35. The first-order chi connectivity index (χ1) is 7.65. The van der Waals surface area contributed by atoms with Crippen molar-refractivity contribution in [1.82, 2.24) is 15.3 Å². The molecule has 1 aromatic heterocycles. The molecule has 0 aromatic carbocycles. The van der Waals surface area contributed by atoms with Crippen molar-refractivity contribution in [3.05, 3.63) is 21.8 Å². The summed E-state index contributed by atoms with van der Waals surface area (Å²) in [7, 11) is 0. The van der Waals surface area contributed by atoms with Crippen LogP contribution < -0.4 is 5.32 Å². The average molecular weight is 333 g/mol. The second kappa shape index (κ2) is 7.17. The lowest BCUT2D eigenvalue weighted by atomic mass is 9.99. The van der Waals surface area contributed by atoms with Gasteiger partial charge < -0.3 is 5.32 Å². The van der Waals surface area contributed by atoms with E-state index in [4.69, 9.17) is 0 Å². The molecule has 0 bridgehead atoms. The highest BCUT2D eigenvalue weighted by Gasteiger charge is 2.15. The highest BCUT2D eigenvalue weighted by Crippen LogP contribution is 2.13. The third-order valence-corrected chi connectivity index (χ3v) is 3.52. The standard InChI is InChI=1S/C12H20IN3/c1-4-5-15-11(9(2)3)6-12-10(13)7-14-8-16-12/h7-9,11,15H,4-6H2,1-3H3. The Kier molecular flexibility index (Phi) is 6.20. The van der Waals surface area contributed by atoms with Gasteiger partial charge in [-0.3, -0.25) is 0 Å². The summed E-state index contributed by atoms with van der Waals surface area (Å²) in [6.45, 7) is 7.77. The number of nitrogens with one attached hydrogen (secondary N) is 1. The summed E-state index contributed by atoms with van der Waals surface area (Å²) < 4.78 is 1.16. The molecular formula is C12H20IN3. The molecule has 0 aliphatic carbocycles. The first kappa shape index (κ1) is 13.8. The zero-order valence-corrected chi connectivity index (χ0v) is 12.4. The van der Waals surface area contributed by atoms with Crippen molar-refractivity contribution in [1.29, 1.82) is 0 Å². The maximum absolute atomic E-state index is 4.35. The minimum absolute atomic E-state index is 0.503. The van der Waals surface area contributed by atoms with Crippen molar-refractivity contribution in [2.75, 3.05) is 6.54 Å². The van der Waals surface area contributed by atoms with Crippen molar-refractivity contribution in [2.45, 2.75) is 39.7 Å². The molecule has 1 N–H and O–H groups in total. The summed E-state index contributed by atoms with van der Waals surface area (Å²) in [5.74, 6) is 0.623. The van der Waals surface area contributed by atoms with E-state index in [2.05, 4.69) is 58.6 Å². The third-order valence-electron chi connectivity index (χ3n) is 2.62. The van der Waals surface area contributed by atoms with Gasteiger partial charge in [-0.1, -0.05) is 20.8 Å². The number of nitrogens with zero attached hydrogens (tertiary/aromatic N) is 2. The van der Waals surface area contributed by atoms with E-state index in [1.807, 2.05) is 6.20 Å². The summed E-state index contributed by atoms with van der Waals surface area (Å²) in [4.78, 5) is 8.37. The Morgan fingerprint density at radius 3 is 2.75 bits per heavy atom. The molecule has 0 aliphatic heterocycles. The molecule has 1 unspecified atom stereocenters. The van der Waals surface area contributed by atoms with Gasteiger partial charge in [0.2, 0.25) is 0 Å². The van der Waals surface area contributed by atoms with Gasteiger partial charge in [-0.05, 0) is 41.5 Å². The Morgan fingerprint density at radius 1 is 1.44 bits per heavy atom. The van der Waals surface area contributed by atoms with Gasteiger partial charge in [0.05, 0.1) is 9.26 Å². The zero-order valence-electron chi connectivity index (χ0n) is 10.2. The summed E-state index contributed by atoms with van der Waals surface area (Å²) >= 11 is 2.30. The fourth-order valence-corrected chi connectivity index (χ4v) is 2.09. The summed E-state index contributed by atoms with van der Waals surface area (Å²) in [6.07, 6.45) is 5.66. The summed E-state index contributed by atoms with van der Waals surface area (Å²) in [5.41, 5.74) is 1.15. The van der Waals surface area contributed by atoms with Gasteiger partial charge in [0, 0.05) is 18.7 Å². The van der Waals surface area contributed by atoms with Gasteiger partial charge in [-0.25, -0.2) is 9.97 Å². The topological polar surface area (TPSA) is 37.8 Å². The van der Waals surface area contributed by atoms with Crippen LogP contribution in [-0.4, -0.2) is 22.6 Å². The van der Waals surface area contributed by atoms with Crippen LogP contribution in [0.5, 0.6) is 0 Å². The Hall–Kier alpha value is -0.230. The van der Waals surface area contributed by atoms with Crippen LogP contribution in [0.3, 0.4) is 0 Å². The molecule has 0 spiro atoms. The highest BCUT2D eigenvalue weighted by atomic mass is 127. The van der Waals surface area contributed by atoms with Gasteiger partial charge in [0.15, 0.2) is 0 Å². The fourth-order valence-electron chi connectivity index (χ4n) is 1.57. The average Bonchev–Trinajstić information content (AvgIpc) is 2.26. The molecule has 1 heterocycles. The van der Waals surface area contributed by atoms with Gasteiger partial charge in [0.1, 0.15) is 6.33 Å². The second-order valence-electron chi connectivity index (χ2n) is 4.33. The molecule has 0 aliphatic rings. The molecule has 16 heavy (non-hydrogen) atoms. The quantitative estimate of drug-likeness (QED) is 0.814. The largest absolute Gasteiger partial charge is 0.313 e. The molecule has 1 rings (SSSR count). The van der Waals surface area contributed by atoms with Crippen LogP contribution in [-0.2, 0) is 6.42 Å². The van der Waals surface area contributed by atoms with Crippen LogP contribution in [0, 0.1) is 9.49 Å². The van der Waals surface area contributed by atoms with E-state index >= 15 is 0 Å². The van der Waals surface area contributed by atoms with Gasteiger partial charge in [-0.2, -0.15) is 0 Å². The lowest BCUT2D eigenvalue weighted by Gasteiger charge is -2.22. The van der Waals surface area contributed by atoms with Crippen LogP contribution in [0.2, 0.25) is 0 Å². The number of halogens is 1. The lowest BCUT2D eigenvalue weighted by Crippen LogP contribution is -2.36. The first-order valence-corrected chi connectivity index (χ1v) is 6.90. The predicted octanol–water partition coefficient (Wildman–Crippen LogP) is 2.65. The molecule has 1 aromatic rings. The van der Waals surface area contributed by atoms with Crippen molar-refractivity contribution < 1.29 is 0 Å². The normalized spacial score (nSPS) is 13.1. The number of hydrogen-bond donors (Lipinski definition) is 1. The van der Waals surface area contributed by atoms with Crippen molar-refractivity contribution in [3.8, 4) is 0 Å². The SMILES string of the molecule is CCCNC(Cc1ncncc1I)C(C)C. The first-order valence-electron chi connectivity index (χ1n) is 5.83. The maximum Gasteiger partial charge on any atom is 0.115 e. The van der Waals surface area contributed by atoms with Gasteiger partial charge in [-0.15, -0.1) is 0 Å². The highest BCUT2D eigenvalue weighted by molar-refractivity contribution is 14.1. The van der Waals surface area contributed by atoms with E-state index in [-0.39, 0.29) is 0 Å². The number of rotatable bonds is 6. The predicted molar refractivity (Wildman–Crippen MR) is 75.4 cm³/mol. The fraction of sp³-hybridized carbons (Fsp3) is 0.667. The van der Waals surface area contributed by atoms with Crippen LogP contribution in [0.1, 0.15) is 32.9 Å². The smallest absolute Gasteiger partial charge is 0.115 e. The molecule has 0 saturated carbocycles. The Morgan fingerprint density at radius 2 is 2.19 bits per heavy atom. The van der Waals surface area contributed by atoms with Crippen LogP contribution in [0.15, 0.2) is 12.5 Å². The zero-order chi connectivity index (χ0) is 12.0. The van der Waals surface area contributed by atoms with Crippen LogP contribution in [0.4, 0.5) is 0 Å². The van der Waals surface area contributed by atoms with E-state index in [1.165, 1.54) is 6.42 Å². The van der Waals surface area contributed by atoms with Crippen LogP contribution in [0.25, 0.3) is 0 Å². The van der Waals surface area contributed by atoms with E-state index in [0.717, 1.165) is 22.2 Å². The minimum Gasteiger partial charge on any atom is -0.313 e. The van der Waals surface area contributed by atoms with E-state index in [9.17, 15) is 0 Å². The molecular weight excluding hydrogens is 313 g/mol. The Labute approximate surface area is 112 Å². The molecule has 1 atom stereocenters. The molecule has 90 valence electrons. The Balaban J connectivity index is 2.64. The molecule has 0 saturated heterocycles. The summed E-state index contributed by atoms with van der Waals surface area (Å²) in [6, 6.07) is 0.503. The summed E-state index contributed by atoms with van der Waals surface area (Å²) in [5, 5.41) is 3.58. The molecule has 0 fully saturated rings. The molecule has 0 radical (unpaired) electrons. The monoisotopic (exact) mass is 333 g/mol. The number of hydrogen-bond acceptors (Lipinski definition) is 3. The van der Waals surface area contributed by atoms with Crippen molar-refractivity contribution >= 4 is 22.6 Å². The number of aromatic nitrogens is 2. The molecule has 3 nitrogen and oxygen atoms in total. The van der Waals surface area contributed by atoms with Crippen molar-refractivity contribution in [2.24, 2.45) is 5.92 Å².